The molecule has 1 aromatic carbocycles. The third-order valence-electron chi connectivity index (χ3n) is 1.88. The molecular weight excluding hydrogens is 253 g/mol. The van der Waals surface area contributed by atoms with Gasteiger partial charge in [-0.15, -0.1) is 11.3 Å². The van der Waals surface area contributed by atoms with Gasteiger partial charge in [0.05, 0.1) is 10.7 Å². The molecule has 2 rings (SSSR count). The fraction of sp³-hybridized carbons (Fsp3) is 0.100. The highest BCUT2D eigenvalue weighted by Crippen LogP contribution is 2.27. The van der Waals surface area contributed by atoms with Crippen LogP contribution in [0.5, 0.6) is 0 Å². The number of hydrogen-bond acceptors (Lipinski definition) is 3. The SMILES string of the molecule is Fc1ccc(-c2nc(CS)cs2)cc1Cl. The number of thiol groups is 1. The lowest BCUT2D eigenvalue weighted by Crippen LogP contribution is -1.81. The van der Waals surface area contributed by atoms with E-state index in [9.17, 15) is 4.39 Å². The fourth-order valence-electron chi connectivity index (χ4n) is 1.14. The Labute approximate surface area is 101 Å². The molecule has 0 bridgehead atoms. The first kappa shape index (κ1) is 10.9. The van der Waals surface area contributed by atoms with Crippen LogP contribution in [-0.4, -0.2) is 4.98 Å². The number of halogens is 2. The van der Waals surface area contributed by atoms with Crippen molar-refractivity contribution in [1.29, 1.82) is 0 Å². The normalized spacial score (nSPS) is 10.6. The lowest BCUT2D eigenvalue weighted by atomic mass is 10.2. The summed E-state index contributed by atoms with van der Waals surface area (Å²) in [5.74, 6) is 0.192. The van der Waals surface area contributed by atoms with Gasteiger partial charge in [0.15, 0.2) is 0 Å². The molecule has 0 fully saturated rings. The predicted octanol–water partition coefficient (Wildman–Crippen LogP) is 4.03. The van der Waals surface area contributed by atoms with E-state index in [1.54, 1.807) is 12.1 Å². The number of hydrogen-bond donors (Lipinski definition) is 1. The van der Waals surface area contributed by atoms with E-state index in [2.05, 4.69) is 17.6 Å². The van der Waals surface area contributed by atoms with Crippen molar-refractivity contribution in [2.75, 3.05) is 0 Å². The summed E-state index contributed by atoms with van der Waals surface area (Å²) in [5, 5.41) is 2.88. The van der Waals surface area contributed by atoms with Crippen molar-refractivity contribution >= 4 is 35.6 Å². The van der Waals surface area contributed by atoms with Crippen LogP contribution in [0, 0.1) is 5.82 Å². The second-order valence-electron chi connectivity index (χ2n) is 2.93. The Hall–Kier alpha value is -0.580. The van der Waals surface area contributed by atoms with Gasteiger partial charge in [-0.2, -0.15) is 12.6 Å². The molecule has 0 aliphatic carbocycles. The largest absolute Gasteiger partial charge is 0.240 e. The molecule has 0 amide bonds. The number of nitrogens with zero attached hydrogens (tertiary/aromatic N) is 1. The average Bonchev–Trinajstić information content (AvgIpc) is 2.70. The average molecular weight is 260 g/mol. The summed E-state index contributed by atoms with van der Waals surface area (Å²) in [6, 6.07) is 4.60. The monoisotopic (exact) mass is 259 g/mol. The van der Waals surface area contributed by atoms with Crippen LogP contribution in [0.3, 0.4) is 0 Å². The third kappa shape index (κ3) is 2.33. The molecule has 15 heavy (non-hydrogen) atoms. The molecule has 0 radical (unpaired) electrons. The van der Waals surface area contributed by atoms with Gasteiger partial charge < -0.3 is 0 Å². The summed E-state index contributed by atoms with van der Waals surface area (Å²) in [5.41, 5.74) is 1.75. The van der Waals surface area contributed by atoms with E-state index in [0.29, 0.717) is 5.75 Å². The first-order valence-corrected chi connectivity index (χ1v) is 6.10. The van der Waals surface area contributed by atoms with Gasteiger partial charge in [0.25, 0.3) is 0 Å². The highest BCUT2D eigenvalue weighted by molar-refractivity contribution is 7.79. The molecule has 0 N–H and O–H groups in total. The molecule has 2 aromatic rings. The van der Waals surface area contributed by atoms with Crippen LogP contribution in [0.2, 0.25) is 5.02 Å². The van der Waals surface area contributed by atoms with E-state index in [-0.39, 0.29) is 5.02 Å². The lowest BCUT2D eigenvalue weighted by molar-refractivity contribution is 0.628. The maximum atomic E-state index is 12.9. The number of rotatable bonds is 2. The van der Waals surface area contributed by atoms with Crippen LogP contribution in [0.15, 0.2) is 23.6 Å². The lowest BCUT2D eigenvalue weighted by Gasteiger charge is -1.98. The Bertz CT molecular complexity index is 484. The minimum Gasteiger partial charge on any atom is -0.240 e. The molecule has 0 unspecified atom stereocenters. The van der Waals surface area contributed by atoms with Crippen LogP contribution >= 0.6 is 35.6 Å². The number of thiazole rings is 1. The summed E-state index contributed by atoms with van der Waals surface area (Å²) in [7, 11) is 0. The van der Waals surface area contributed by atoms with Gasteiger partial charge in [-0.3, -0.25) is 0 Å². The van der Waals surface area contributed by atoms with Crippen molar-refractivity contribution in [1.82, 2.24) is 4.98 Å². The number of benzene rings is 1. The van der Waals surface area contributed by atoms with Gasteiger partial charge in [0.1, 0.15) is 10.8 Å². The van der Waals surface area contributed by atoms with Gasteiger partial charge in [0, 0.05) is 16.7 Å². The molecule has 0 atom stereocenters. The topological polar surface area (TPSA) is 12.9 Å². The molecule has 5 heteroatoms. The Morgan fingerprint density at radius 3 is 2.87 bits per heavy atom. The maximum absolute atomic E-state index is 12.9. The van der Waals surface area contributed by atoms with Crippen LogP contribution in [0.4, 0.5) is 4.39 Å². The summed E-state index contributed by atoms with van der Waals surface area (Å²) in [4.78, 5) is 4.33. The maximum Gasteiger partial charge on any atom is 0.141 e. The van der Waals surface area contributed by atoms with Crippen molar-refractivity contribution in [2.45, 2.75) is 5.75 Å². The highest BCUT2D eigenvalue weighted by Gasteiger charge is 2.06. The first-order chi connectivity index (χ1) is 7.20. The second-order valence-corrected chi connectivity index (χ2v) is 4.51. The molecule has 0 spiro atoms. The van der Waals surface area contributed by atoms with Crippen LogP contribution in [-0.2, 0) is 5.75 Å². The summed E-state index contributed by atoms with van der Waals surface area (Å²) in [6.07, 6.45) is 0. The second kappa shape index (κ2) is 4.51. The quantitative estimate of drug-likeness (QED) is 0.804. The molecule has 0 saturated heterocycles. The summed E-state index contributed by atoms with van der Waals surface area (Å²) < 4.78 is 12.9. The van der Waals surface area contributed by atoms with E-state index in [1.165, 1.54) is 17.4 Å². The van der Waals surface area contributed by atoms with Crippen molar-refractivity contribution in [3.8, 4) is 10.6 Å². The van der Waals surface area contributed by atoms with Gasteiger partial charge in [-0.1, -0.05) is 11.6 Å². The van der Waals surface area contributed by atoms with Gasteiger partial charge >= 0.3 is 0 Å². The zero-order valence-corrected chi connectivity index (χ0v) is 10.0. The fourth-order valence-corrected chi connectivity index (χ4v) is 2.42. The van der Waals surface area contributed by atoms with E-state index >= 15 is 0 Å². The van der Waals surface area contributed by atoms with E-state index in [0.717, 1.165) is 16.3 Å². The molecule has 1 nitrogen and oxygen atoms in total. The molecule has 0 aliphatic heterocycles. The summed E-state index contributed by atoms with van der Waals surface area (Å²) >= 11 is 11.3. The van der Waals surface area contributed by atoms with E-state index < -0.39 is 5.82 Å². The first-order valence-electron chi connectivity index (χ1n) is 4.21. The predicted molar refractivity (Wildman–Crippen MR) is 65.2 cm³/mol. The Kier molecular flexibility index (Phi) is 3.29. The Morgan fingerprint density at radius 2 is 2.27 bits per heavy atom. The Morgan fingerprint density at radius 1 is 1.47 bits per heavy atom. The molecular formula is C10H7ClFNS2. The van der Waals surface area contributed by atoms with Crippen molar-refractivity contribution in [3.05, 3.63) is 40.1 Å². The van der Waals surface area contributed by atoms with Crippen molar-refractivity contribution < 1.29 is 4.39 Å². The minimum absolute atomic E-state index is 0.120. The van der Waals surface area contributed by atoms with Gasteiger partial charge in [-0.05, 0) is 18.2 Å². The van der Waals surface area contributed by atoms with Crippen molar-refractivity contribution in [3.63, 3.8) is 0 Å². The van der Waals surface area contributed by atoms with Gasteiger partial charge in [0.2, 0.25) is 0 Å². The Balaban J connectivity index is 2.40. The summed E-state index contributed by atoms with van der Waals surface area (Å²) in [6.45, 7) is 0. The van der Waals surface area contributed by atoms with Crippen LogP contribution in [0.25, 0.3) is 10.6 Å². The van der Waals surface area contributed by atoms with Gasteiger partial charge in [-0.25, -0.2) is 9.37 Å². The molecule has 78 valence electrons. The molecule has 1 aromatic heterocycles. The van der Waals surface area contributed by atoms with Crippen molar-refractivity contribution in [2.24, 2.45) is 0 Å². The molecule has 0 saturated carbocycles. The minimum atomic E-state index is -0.411. The smallest absolute Gasteiger partial charge is 0.141 e. The van der Waals surface area contributed by atoms with Crippen LogP contribution in [0.1, 0.15) is 5.69 Å². The van der Waals surface area contributed by atoms with Crippen LogP contribution < -0.4 is 0 Å². The third-order valence-corrected chi connectivity index (χ3v) is 3.43. The van der Waals surface area contributed by atoms with E-state index in [4.69, 9.17) is 11.6 Å². The molecule has 0 aliphatic rings. The highest BCUT2D eigenvalue weighted by atomic mass is 35.5. The zero-order chi connectivity index (χ0) is 10.8. The number of aromatic nitrogens is 1. The molecule has 1 heterocycles. The zero-order valence-electron chi connectivity index (χ0n) is 7.58. The van der Waals surface area contributed by atoms with E-state index in [1.807, 2.05) is 5.38 Å². The standard InChI is InChI=1S/C10H7ClFNS2/c11-8-3-6(1-2-9(8)12)10-13-7(4-14)5-15-10/h1-3,5,14H,4H2.